The molecule has 0 heterocycles. The van der Waals surface area contributed by atoms with Gasteiger partial charge in [-0.2, -0.15) is 0 Å². The monoisotopic (exact) mass is 406 g/mol. The number of fused-ring (bicyclic) bond motifs is 5. The second kappa shape index (κ2) is 8.69. The molecule has 4 heteroatoms. The number of aliphatic carboxylic acids is 1. The van der Waals surface area contributed by atoms with Gasteiger partial charge in [0, 0.05) is 18.8 Å². The van der Waals surface area contributed by atoms with Gasteiger partial charge in [-0.15, -0.1) is 0 Å². The molecule has 0 aromatic carbocycles. The number of carboxylic acids is 1. The fraction of sp³-hybridized carbons (Fsp3) is 0.920. The SMILES string of the molecule is CC.CC12CC[C@@H](O)CC1CC(=O)C1C2CCC2(C)C1CC[C@@H]2CCCC(=O)O. The first kappa shape index (κ1) is 22.8. The number of hydrogen-bond donors (Lipinski definition) is 2. The molecule has 0 aromatic heterocycles. The molecule has 6 unspecified atom stereocenters. The summed E-state index contributed by atoms with van der Waals surface area (Å²) < 4.78 is 0. The highest BCUT2D eigenvalue weighted by Crippen LogP contribution is 2.67. The van der Waals surface area contributed by atoms with Crippen LogP contribution < -0.4 is 0 Å². The molecule has 4 saturated carbocycles. The lowest BCUT2D eigenvalue weighted by Gasteiger charge is -2.60. The predicted octanol–water partition coefficient (Wildman–Crippen LogP) is 5.47. The predicted molar refractivity (Wildman–Crippen MR) is 114 cm³/mol. The van der Waals surface area contributed by atoms with E-state index < -0.39 is 5.97 Å². The van der Waals surface area contributed by atoms with Crippen LogP contribution in [0.4, 0.5) is 0 Å². The van der Waals surface area contributed by atoms with E-state index in [2.05, 4.69) is 13.8 Å². The van der Waals surface area contributed by atoms with Gasteiger partial charge in [0.1, 0.15) is 5.78 Å². The molecule has 0 saturated heterocycles. The Hall–Kier alpha value is -0.900. The highest BCUT2D eigenvalue weighted by Gasteiger charge is 2.62. The van der Waals surface area contributed by atoms with Crippen molar-refractivity contribution in [2.45, 2.75) is 104 Å². The summed E-state index contributed by atoms with van der Waals surface area (Å²) in [4.78, 5) is 24.2. The van der Waals surface area contributed by atoms with Crippen LogP contribution in [0.25, 0.3) is 0 Å². The van der Waals surface area contributed by atoms with Crippen molar-refractivity contribution in [3.05, 3.63) is 0 Å². The lowest BCUT2D eigenvalue weighted by molar-refractivity contribution is -0.160. The molecule has 0 bridgehead atoms. The summed E-state index contributed by atoms with van der Waals surface area (Å²) >= 11 is 0. The van der Waals surface area contributed by atoms with Crippen LogP contribution in [-0.4, -0.2) is 28.1 Å². The Kier molecular flexibility index (Phi) is 6.82. The average Bonchev–Trinajstić information content (AvgIpc) is 3.01. The summed E-state index contributed by atoms with van der Waals surface area (Å²) in [6.45, 7) is 8.81. The molecule has 4 aliphatic carbocycles. The van der Waals surface area contributed by atoms with E-state index in [4.69, 9.17) is 5.11 Å². The number of Topliss-reactive ketones (excluding diaryl/α,β-unsaturated/α-hetero) is 1. The minimum Gasteiger partial charge on any atom is -0.481 e. The van der Waals surface area contributed by atoms with Crippen molar-refractivity contribution < 1.29 is 19.8 Å². The maximum absolute atomic E-state index is 13.3. The van der Waals surface area contributed by atoms with Crippen molar-refractivity contribution in [1.82, 2.24) is 0 Å². The summed E-state index contributed by atoms with van der Waals surface area (Å²) in [5.41, 5.74) is 0.438. The molecule has 29 heavy (non-hydrogen) atoms. The first-order valence-corrected chi connectivity index (χ1v) is 12.2. The standard InChI is InChI=1S/C23H36O4.C2H6/c1-22-11-9-18-21(17(22)7-6-14(22)4-3-5-20(26)27)19(25)13-15-12-16(24)8-10-23(15,18)2;1-2/h14-18,21,24H,3-13H2,1-2H3,(H,26,27);1-2H3/t14-,15?,16+,17?,18?,21?,22?,23?;/m0./s1. The highest BCUT2D eigenvalue weighted by molar-refractivity contribution is 5.83. The van der Waals surface area contributed by atoms with Gasteiger partial charge in [-0.3, -0.25) is 9.59 Å². The summed E-state index contributed by atoms with van der Waals surface area (Å²) in [7, 11) is 0. The van der Waals surface area contributed by atoms with E-state index in [9.17, 15) is 14.7 Å². The molecule has 4 aliphatic rings. The lowest BCUT2D eigenvalue weighted by Crippen LogP contribution is -2.57. The second-order valence-corrected chi connectivity index (χ2v) is 10.6. The number of aliphatic hydroxyl groups is 1. The zero-order valence-corrected chi connectivity index (χ0v) is 19.0. The number of aliphatic hydroxyl groups excluding tert-OH is 1. The maximum atomic E-state index is 13.3. The Morgan fingerprint density at radius 3 is 2.38 bits per heavy atom. The Morgan fingerprint density at radius 1 is 1.03 bits per heavy atom. The third kappa shape index (κ3) is 3.91. The van der Waals surface area contributed by atoms with E-state index >= 15 is 0 Å². The van der Waals surface area contributed by atoms with Gasteiger partial charge in [0.05, 0.1) is 6.10 Å². The van der Waals surface area contributed by atoms with Gasteiger partial charge in [-0.05, 0) is 92.3 Å². The van der Waals surface area contributed by atoms with Gasteiger partial charge in [-0.1, -0.05) is 27.7 Å². The summed E-state index contributed by atoms with van der Waals surface area (Å²) in [6.07, 6.45) is 9.89. The number of rotatable bonds is 4. The van der Waals surface area contributed by atoms with Gasteiger partial charge >= 0.3 is 5.97 Å². The Balaban J connectivity index is 0.00000117. The summed E-state index contributed by atoms with van der Waals surface area (Å²) in [6, 6.07) is 0. The lowest BCUT2D eigenvalue weighted by atomic mass is 9.44. The highest BCUT2D eigenvalue weighted by atomic mass is 16.4. The Morgan fingerprint density at radius 2 is 1.69 bits per heavy atom. The molecule has 166 valence electrons. The normalized spacial score (nSPS) is 46.0. The number of carboxylic acid groups (broad SMARTS) is 1. The van der Waals surface area contributed by atoms with Crippen LogP contribution in [0.3, 0.4) is 0 Å². The molecule has 0 amide bonds. The number of carbonyl (C=O) groups excluding carboxylic acids is 1. The first-order valence-electron chi connectivity index (χ1n) is 12.2. The summed E-state index contributed by atoms with van der Waals surface area (Å²) in [5, 5.41) is 19.1. The zero-order valence-electron chi connectivity index (χ0n) is 19.0. The molecule has 4 nitrogen and oxygen atoms in total. The van der Waals surface area contributed by atoms with Crippen LogP contribution in [0, 0.1) is 40.4 Å². The zero-order chi connectivity index (χ0) is 21.4. The van der Waals surface area contributed by atoms with Crippen LogP contribution in [-0.2, 0) is 9.59 Å². The molecule has 8 atom stereocenters. The van der Waals surface area contributed by atoms with Gasteiger partial charge < -0.3 is 10.2 Å². The third-order valence-corrected chi connectivity index (χ3v) is 9.58. The van der Waals surface area contributed by atoms with Gasteiger partial charge in [0.15, 0.2) is 0 Å². The third-order valence-electron chi connectivity index (χ3n) is 9.58. The molecule has 2 N–H and O–H groups in total. The molecule has 0 aromatic rings. The number of hydrogen-bond acceptors (Lipinski definition) is 3. The molecule has 0 radical (unpaired) electrons. The van der Waals surface area contributed by atoms with Crippen LogP contribution >= 0.6 is 0 Å². The maximum Gasteiger partial charge on any atom is 0.303 e. The van der Waals surface area contributed by atoms with Crippen LogP contribution in [0.15, 0.2) is 0 Å². The minimum atomic E-state index is -0.695. The molecule has 0 spiro atoms. The van der Waals surface area contributed by atoms with E-state index in [-0.39, 0.29) is 29.3 Å². The van der Waals surface area contributed by atoms with Crippen LogP contribution in [0.5, 0.6) is 0 Å². The quantitative estimate of drug-likeness (QED) is 0.649. The van der Waals surface area contributed by atoms with Crippen LogP contribution in [0.2, 0.25) is 0 Å². The molecule has 0 aliphatic heterocycles. The van der Waals surface area contributed by atoms with Crippen molar-refractivity contribution in [3.63, 3.8) is 0 Å². The van der Waals surface area contributed by atoms with E-state index in [1.165, 1.54) is 6.42 Å². The smallest absolute Gasteiger partial charge is 0.303 e. The number of ketones is 1. The van der Waals surface area contributed by atoms with Gasteiger partial charge in [-0.25, -0.2) is 0 Å². The largest absolute Gasteiger partial charge is 0.481 e. The number of carbonyl (C=O) groups is 2. The molecule has 4 rings (SSSR count). The van der Waals surface area contributed by atoms with Gasteiger partial charge in [0.25, 0.3) is 0 Å². The Bertz CT molecular complexity index is 616. The van der Waals surface area contributed by atoms with Crippen molar-refractivity contribution >= 4 is 11.8 Å². The topological polar surface area (TPSA) is 74.6 Å². The first-order chi connectivity index (χ1) is 13.8. The Labute approximate surface area is 176 Å². The molecular weight excluding hydrogens is 364 g/mol. The van der Waals surface area contributed by atoms with Gasteiger partial charge in [0.2, 0.25) is 0 Å². The fourth-order valence-corrected chi connectivity index (χ4v) is 7.99. The van der Waals surface area contributed by atoms with E-state index in [0.717, 1.165) is 51.4 Å². The van der Waals surface area contributed by atoms with E-state index in [1.807, 2.05) is 13.8 Å². The fourth-order valence-electron chi connectivity index (χ4n) is 7.99. The minimum absolute atomic E-state index is 0.213. The summed E-state index contributed by atoms with van der Waals surface area (Å²) in [5.74, 6) is 1.92. The van der Waals surface area contributed by atoms with Crippen LogP contribution in [0.1, 0.15) is 98.3 Å². The van der Waals surface area contributed by atoms with Crippen molar-refractivity contribution in [2.75, 3.05) is 0 Å². The van der Waals surface area contributed by atoms with Crippen molar-refractivity contribution in [3.8, 4) is 0 Å². The second-order valence-electron chi connectivity index (χ2n) is 10.6. The van der Waals surface area contributed by atoms with Crippen molar-refractivity contribution in [2.24, 2.45) is 40.4 Å². The molecular formula is C25H42O4. The van der Waals surface area contributed by atoms with Crippen molar-refractivity contribution in [1.29, 1.82) is 0 Å². The average molecular weight is 407 g/mol. The van der Waals surface area contributed by atoms with E-state index in [0.29, 0.717) is 35.9 Å². The van der Waals surface area contributed by atoms with E-state index in [1.54, 1.807) is 0 Å². The molecule has 4 fully saturated rings.